The first-order valence-corrected chi connectivity index (χ1v) is 10.3. The van der Waals surface area contributed by atoms with Crippen molar-refractivity contribution >= 4 is 22.1 Å². The molecule has 0 aliphatic carbocycles. The van der Waals surface area contributed by atoms with E-state index in [1.807, 2.05) is 6.20 Å². The first-order valence-electron chi connectivity index (χ1n) is 10.3. The van der Waals surface area contributed by atoms with Crippen molar-refractivity contribution in [2.45, 2.75) is 58.8 Å². The summed E-state index contributed by atoms with van der Waals surface area (Å²) in [7, 11) is 0. The zero-order valence-electron chi connectivity index (χ0n) is 17.4. The van der Waals surface area contributed by atoms with Crippen LogP contribution in [-0.4, -0.2) is 9.97 Å². The number of hydrogen-bond donors (Lipinski definition) is 0. The zero-order valence-corrected chi connectivity index (χ0v) is 17.4. The highest BCUT2D eigenvalue weighted by Crippen LogP contribution is 2.37. The van der Waals surface area contributed by atoms with Crippen molar-refractivity contribution in [3.8, 4) is 11.3 Å². The van der Waals surface area contributed by atoms with Gasteiger partial charge in [-0.3, -0.25) is 4.98 Å². The smallest absolute Gasteiger partial charge is 0.227 e. The molecule has 0 saturated heterocycles. The Hall–Kier alpha value is -2.68. The zero-order chi connectivity index (χ0) is 19.9. The second-order valence-electron chi connectivity index (χ2n) is 8.23. The minimum absolute atomic E-state index is 0.160. The summed E-state index contributed by atoms with van der Waals surface area (Å²) in [6.07, 6.45) is 4.12. The van der Waals surface area contributed by atoms with Crippen LogP contribution in [0.25, 0.3) is 33.3 Å². The fourth-order valence-electron chi connectivity index (χ4n) is 3.83. The number of para-hydroxylation sites is 1. The number of fused-ring (bicyclic) bond motifs is 3. The molecule has 3 heteroatoms. The van der Waals surface area contributed by atoms with E-state index in [4.69, 9.17) is 9.40 Å². The van der Waals surface area contributed by atoms with Crippen LogP contribution in [0.1, 0.15) is 64.6 Å². The lowest BCUT2D eigenvalue weighted by atomic mass is 9.78. The van der Waals surface area contributed by atoms with Crippen molar-refractivity contribution in [3.05, 3.63) is 59.9 Å². The van der Waals surface area contributed by atoms with Crippen LogP contribution in [0.3, 0.4) is 0 Å². The topological polar surface area (TPSA) is 38.9 Å². The van der Waals surface area contributed by atoms with Gasteiger partial charge in [0, 0.05) is 28.2 Å². The number of benzene rings is 1. The van der Waals surface area contributed by atoms with E-state index < -0.39 is 0 Å². The van der Waals surface area contributed by atoms with Gasteiger partial charge >= 0.3 is 0 Å². The van der Waals surface area contributed by atoms with Gasteiger partial charge in [0.05, 0.1) is 5.69 Å². The van der Waals surface area contributed by atoms with Gasteiger partial charge in [0.25, 0.3) is 0 Å². The molecule has 3 aromatic heterocycles. The molecule has 4 rings (SSSR count). The Morgan fingerprint density at radius 3 is 2.50 bits per heavy atom. The normalized spacial score (nSPS) is 12.4. The molecule has 0 amide bonds. The molecule has 0 bridgehead atoms. The molecule has 3 nitrogen and oxygen atoms in total. The van der Waals surface area contributed by atoms with E-state index in [-0.39, 0.29) is 5.41 Å². The van der Waals surface area contributed by atoms with Crippen LogP contribution >= 0.6 is 0 Å². The van der Waals surface area contributed by atoms with E-state index in [1.54, 1.807) is 0 Å². The largest absolute Gasteiger partial charge is 0.437 e. The standard InChI is InChI=1S/C25H28N2O/c1-6-25(5,7-2)17-13-14-26-22(15-17)20-10-8-9-18-19-11-12-21(16(3)4)27-24(19)28-23(18)20/h8-16H,6-7H2,1-5H3. The summed E-state index contributed by atoms with van der Waals surface area (Å²) in [5, 5.41) is 2.15. The minimum Gasteiger partial charge on any atom is -0.437 e. The van der Waals surface area contributed by atoms with Crippen molar-refractivity contribution in [1.82, 2.24) is 9.97 Å². The molecule has 28 heavy (non-hydrogen) atoms. The first kappa shape index (κ1) is 18.7. The summed E-state index contributed by atoms with van der Waals surface area (Å²) in [5.74, 6) is 0.371. The number of nitrogens with zero attached hydrogens (tertiary/aromatic N) is 2. The van der Waals surface area contributed by atoms with E-state index in [2.05, 4.69) is 82.1 Å². The molecular weight excluding hydrogens is 344 g/mol. The summed E-state index contributed by atoms with van der Waals surface area (Å²) in [6.45, 7) is 11.1. The van der Waals surface area contributed by atoms with E-state index >= 15 is 0 Å². The number of pyridine rings is 2. The molecule has 0 unspecified atom stereocenters. The molecule has 0 radical (unpaired) electrons. The van der Waals surface area contributed by atoms with E-state index in [1.165, 1.54) is 5.56 Å². The maximum absolute atomic E-state index is 6.26. The van der Waals surface area contributed by atoms with Crippen molar-refractivity contribution in [2.24, 2.45) is 0 Å². The predicted molar refractivity (Wildman–Crippen MR) is 117 cm³/mol. The molecule has 3 heterocycles. The Bertz CT molecular complexity index is 1140. The van der Waals surface area contributed by atoms with E-state index in [9.17, 15) is 0 Å². The lowest BCUT2D eigenvalue weighted by Gasteiger charge is -2.27. The van der Waals surface area contributed by atoms with Crippen LogP contribution in [0.4, 0.5) is 0 Å². The Balaban J connectivity index is 1.91. The monoisotopic (exact) mass is 372 g/mol. The molecule has 0 aliphatic rings. The van der Waals surface area contributed by atoms with E-state index in [0.717, 1.165) is 46.1 Å². The summed E-state index contributed by atoms with van der Waals surface area (Å²) in [4.78, 5) is 9.42. The highest BCUT2D eigenvalue weighted by molar-refractivity contribution is 6.08. The molecule has 0 saturated carbocycles. The van der Waals surface area contributed by atoms with Crippen LogP contribution < -0.4 is 0 Å². The van der Waals surface area contributed by atoms with E-state index in [0.29, 0.717) is 11.6 Å². The van der Waals surface area contributed by atoms with Crippen LogP contribution in [0, 0.1) is 0 Å². The maximum Gasteiger partial charge on any atom is 0.227 e. The summed E-state index contributed by atoms with van der Waals surface area (Å²) in [5.41, 5.74) is 6.10. The number of hydrogen-bond acceptors (Lipinski definition) is 3. The molecule has 0 spiro atoms. The van der Waals surface area contributed by atoms with Crippen molar-refractivity contribution in [1.29, 1.82) is 0 Å². The second-order valence-corrected chi connectivity index (χ2v) is 8.23. The van der Waals surface area contributed by atoms with Gasteiger partial charge in [-0.05, 0) is 60.1 Å². The maximum atomic E-state index is 6.26. The summed E-state index contributed by atoms with van der Waals surface area (Å²) >= 11 is 0. The van der Waals surface area contributed by atoms with Crippen molar-refractivity contribution in [3.63, 3.8) is 0 Å². The lowest BCUT2D eigenvalue weighted by Crippen LogP contribution is -2.19. The molecule has 0 atom stereocenters. The third-order valence-electron chi connectivity index (χ3n) is 6.27. The number of aromatic nitrogens is 2. The van der Waals surface area contributed by atoms with Gasteiger partial charge < -0.3 is 4.42 Å². The Kier molecular flexibility index (Phi) is 4.70. The second kappa shape index (κ2) is 7.05. The lowest BCUT2D eigenvalue weighted by molar-refractivity contribution is 0.438. The third-order valence-corrected chi connectivity index (χ3v) is 6.27. The van der Waals surface area contributed by atoms with Gasteiger partial charge in [0.2, 0.25) is 5.71 Å². The number of rotatable bonds is 5. The van der Waals surface area contributed by atoms with Crippen LogP contribution in [-0.2, 0) is 5.41 Å². The van der Waals surface area contributed by atoms with Crippen LogP contribution in [0.5, 0.6) is 0 Å². The van der Waals surface area contributed by atoms with Gasteiger partial charge in [-0.1, -0.05) is 46.8 Å². The Morgan fingerprint density at radius 2 is 1.79 bits per heavy atom. The summed E-state index contributed by atoms with van der Waals surface area (Å²) < 4.78 is 6.26. The highest BCUT2D eigenvalue weighted by Gasteiger charge is 2.23. The highest BCUT2D eigenvalue weighted by atomic mass is 16.3. The molecule has 0 fully saturated rings. The Morgan fingerprint density at radius 1 is 1.00 bits per heavy atom. The first-order chi connectivity index (χ1) is 13.5. The fraction of sp³-hybridized carbons (Fsp3) is 0.360. The predicted octanol–water partition coefficient (Wildman–Crippen LogP) is 7.24. The molecule has 0 aliphatic heterocycles. The van der Waals surface area contributed by atoms with Gasteiger partial charge in [0.15, 0.2) is 0 Å². The SMILES string of the molecule is CCC(C)(CC)c1ccnc(-c2cccc3c2oc2nc(C(C)C)ccc23)c1. The average Bonchev–Trinajstić information content (AvgIpc) is 3.11. The number of furan rings is 1. The molecule has 1 aromatic carbocycles. The molecular formula is C25H28N2O. The van der Waals surface area contributed by atoms with Crippen LogP contribution in [0.15, 0.2) is 53.1 Å². The van der Waals surface area contributed by atoms with Gasteiger partial charge in [-0.25, -0.2) is 4.98 Å². The van der Waals surface area contributed by atoms with Gasteiger partial charge in [-0.2, -0.15) is 0 Å². The quantitative estimate of drug-likeness (QED) is 0.370. The molecule has 0 N–H and O–H groups in total. The third kappa shape index (κ3) is 2.99. The van der Waals surface area contributed by atoms with Crippen molar-refractivity contribution < 1.29 is 4.42 Å². The fourth-order valence-corrected chi connectivity index (χ4v) is 3.83. The average molecular weight is 373 g/mol. The summed E-state index contributed by atoms with van der Waals surface area (Å²) in [6, 6.07) is 14.9. The van der Waals surface area contributed by atoms with Crippen molar-refractivity contribution in [2.75, 3.05) is 0 Å². The van der Waals surface area contributed by atoms with Crippen LogP contribution in [0.2, 0.25) is 0 Å². The molecule has 144 valence electrons. The minimum atomic E-state index is 0.160. The van der Waals surface area contributed by atoms with Gasteiger partial charge in [0.1, 0.15) is 5.58 Å². The Labute approximate surface area is 166 Å². The molecule has 4 aromatic rings. The van der Waals surface area contributed by atoms with Gasteiger partial charge in [-0.15, -0.1) is 0 Å².